The Bertz CT molecular complexity index is 269. The van der Waals surface area contributed by atoms with Crippen molar-refractivity contribution in [3.8, 4) is 0 Å². The standard InChI is InChI=1S/C13H25NO3S/c1-9(15)10(2)18-12-8-13(16-6-7-17-13)5-4-11(12)14-3/h9-12,14-15H,4-8H2,1-3H3. The molecule has 0 radical (unpaired) electrons. The second-order valence-corrected chi connectivity index (χ2v) is 6.99. The minimum absolute atomic E-state index is 0.238. The van der Waals surface area contributed by atoms with Gasteiger partial charge in [0.1, 0.15) is 0 Å². The van der Waals surface area contributed by atoms with Gasteiger partial charge in [-0.3, -0.25) is 0 Å². The highest BCUT2D eigenvalue weighted by atomic mass is 32.2. The van der Waals surface area contributed by atoms with Crippen molar-refractivity contribution in [1.82, 2.24) is 5.32 Å². The first kappa shape index (κ1) is 14.6. The number of nitrogens with one attached hydrogen (secondary N) is 1. The lowest BCUT2D eigenvalue weighted by molar-refractivity contribution is -0.177. The van der Waals surface area contributed by atoms with Gasteiger partial charge in [0, 0.05) is 29.4 Å². The summed E-state index contributed by atoms with van der Waals surface area (Å²) < 4.78 is 11.6. The molecule has 0 bridgehead atoms. The van der Waals surface area contributed by atoms with Gasteiger partial charge in [-0.15, -0.1) is 0 Å². The van der Waals surface area contributed by atoms with Crippen molar-refractivity contribution in [2.24, 2.45) is 0 Å². The molecule has 4 atom stereocenters. The Hall–Kier alpha value is 0.190. The minimum atomic E-state index is -0.344. The average molecular weight is 275 g/mol. The van der Waals surface area contributed by atoms with Crippen LogP contribution in [0.25, 0.3) is 0 Å². The molecule has 2 aliphatic rings. The Balaban J connectivity index is 1.99. The summed E-state index contributed by atoms with van der Waals surface area (Å²) >= 11 is 1.85. The number of aliphatic hydroxyl groups is 1. The van der Waals surface area contributed by atoms with E-state index in [-0.39, 0.29) is 17.1 Å². The van der Waals surface area contributed by atoms with Gasteiger partial charge in [0.15, 0.2) is 5.79 Å². The van der Waals surface area contributed by atoms with Crippen LogP contribution in [0.1, 0.15) is 33.1 Å². The second kappa shape index (κ2) is 6.09. The van der Waals surface area contributed by atoms with Gasteiger partial charge in [0.25, 0.3) is 0 Å². The molecule has 1 saturated heterocycles. The van der Waals surface area contributed by atoms with Gasteiger partial charge in [0.05, 0.1) is 19.3 Å². The van der Waals surface area contributed by atoms with Crippen LogP contribution in [0.3, 0.4) is 0 Å². The molecule has 5 heteroatoms. The molecule has 0 aromatic carbocycles. The number of ether oxygens (including phenoxy) is 2. The zero-order valence-corrected chi connectivity index (χ0v) is 12.3. The maximum Gasteiger partial charge on any atom is 0.169 e. The summed E-state index contributed by atoms with van der Waals surface area (Å²) in [6, 6.07) is 0.481. The van der Waals surface area contributed by atoms with Crippen molar-refractivity contribution in [2.75, 3.05) is 20.3 Å². The molecule has 2 N–H and O–H groups in total. The molecule has 2 rings (SSSR count). The van der Waals surface area contributed by atoms with Crippen LogP contribution in [-0.4, -0.2) is 53.8 Å². The van der Waals surface area contributed by atoms with E-state index < -0.39 is 0 Å². The summed E-state index contributed by atoms with van der Waals surface area (Å²) in [6.45, 7) is 5.37. The van der Waals surface area contributed by atoms with Crippen LogP contribution in [0, 0.1) is 0 Å². The summed E-state index contributed by atoms with van der Waals surface area (Å²) in [7, 11) is 2.01. The first-order chi connectivity index (χ1) is 8.56. The first-order valence-corrected chi connectivity index (χ1v) is 7.79. The van der Waals surface area contributed by atoms with Gasteiger partial charge >= 0.3 is 0 Å². The van der Waals surface area contributed by atoms with Gasteiger partial charge in [0.2, 0.25) is 0 Å². The summed E-state index contributed by atoms with van der Waals surface area (Å²) in [4.78, 5) is 0. The summed E-state index contributed by atoms with van der Waals surface area (Å²) in [5.74, 6) is -0.344. The summed E-state index contributed by atoms with van der Waals surface area (Å²) in [6.07, 6.45) is 2.68. The van der Waals surface area contributed by atoms with Crippen molar-refractivity contribution in [2.45, 2.75) is 61.5 Å². The van der Waals surface area contributed by atoms with E-state index in [1.54, 1.807) is 0 Å². The van der Waals surface area contributed by atoms with Gasteiger partial charge in [-0.25, -0.2) is 0 Å². The second-order valence-electron chi connectivity index (χ2n) is 5.37. The van der Waals surface area contributed by atoms with Gasteiger partial charge in [-0.05, 0) is 20.4 Å². The molecule has 1 saturated carbocycles. The highest BCUT2D eigenvalue weighted by Gasteiger charge is 2.45. The molecule has 0 aromatic rings. The lowest BCUT2D eigenvalue weighted by Gasteiger charge is -2.41. The van der Waals surface area contributed by atoms with Crippen LogP contribution in [-0.2, 0) is 9.47 Å². The van der Waals surface area contributed by atoms with Crippen molar-refractivity contribution >= 4 is 11.8 Å². The van der Waals surface area contributed by atoms with E-state index in [0.29, 0.717) is 24.5 Å². The normalized spacial score (nSPS) is 34.7. The third-order valence-corrected chi connectivity index (χ3v) is 5.72. The van der Waals surface area contributed by atoms with Gasteiger partial charge < -0.3 is 19.9 Å². The number of rotatable bonds is 4. The SMILES string of the molecule is CNC1CCC2(CC1SC(C)C(C)O)OCCO2. The Morgan fingerprint density at radius 3 is 2.56 bits per heavy atom. The smallest absolute Gasteiger partial charge is 0.169 e. The van der Waals surface area contributed by atoms with E-state index in [0.717, 1.165) is 19.3 Å². The largest absolute Gasteiger partial charge is 0.392 e. The Kier molecular flexibility index (Phi) is 4.94. The van der Waals surface area contributed by atoms with Gasteiger partial charge in [-0.1, -0.05) is 6.92 Å². The molecular formula is C13H25NO3S. The number of aliphatic hydroxyl groups excluding tert-OH is 1. The molecule has 4 nitrogen and oxygen atoms in total. The number of hydrogen-bond donors (Lipinski definition) is 2. The fraction of sp³-hybridized carbons (Fsp3) is 1.00. The molecule has 1 aliphatic carbocycles. The monoisotopic (exact) mass is 275 g/mol. The number of thioether (sulfide) groups is 1. The van der Waals surface area contributed by atoms with Crippen LogP contribution in [0.15, 0.2) is 0 Å². The van der Waals surface area contributed by atoms with Crippen molar-refractivity contribution < 1.29 is 14.6 Å². The molecule has 1 heterocycles. The molecule has 1 spiro atoms. The summed E-state index contributed by atoms with van der Waals surface area (Å²) in [5, 5.41) is 13.7. The van der Waals surface area contributed by atoms with Crippen LogP contribution in [0.2, 0.25) is 0 Å². The maximum absolute atomic E-state index is 9.66. The van der Waals surface area contributed by atoms with Crippen molar-refractivity contribution in [1.29, 1.82) is 0 Å². The molecular weight excluding hydrogens is 250 g/mol. The topological polar surface area (TPSA) is 50.7 Å². The minimum Gasteiger partial charge on any atom is -0.392 e. The van der Waals surface area contributed by atoms with E-state index in [1.165, 1.54) is 0 Å². The third-order valence-electron chi connectivity index (χ3n) is 4.05. The van der Waals surface area contributed by atoms with Crippen LogP contribution < -0.4 is 5.32 Å². The average Bonchev–Trinajstić information content (AvgIpc) is 2.77. The summed E-state index contributed by atoms with van der Waals surface area (Å²) in [5.41, 5.74) is 0. The number of hydrogen-bond acceptors (Lipinski definition) is 5. The molecule has 1 aliphatic heterocycles. The lowest BCUT2D eigenvalue weighted by Crippen LogP contribution is -2.49. The third kappa shape index (κ3) is 3.20. The van der Waals surface area contributed by atoms with E-state index in [9.17, 15) is 5.11 Å². The highest BCUT2D eigenvalue weighted by molar-refractivity contribution is 8.00. The zero-order chi connectivity index (χ0) is 13.2. The predicted molar refractivity (Wildman–Crippen MR) is 73.9 cm³/mol. The molecule has 106 valence electrons. The van der Waals surface area contributed by atoms with Gasteiger partial charge in [-0.2, -0.15) is 11.8 Å². The molecule has 2 fully saturated rings. The Labute approximate surface area is 114 Å². The zero-order valence-electron chi connectivity index (χ0n) is 11.5. The van der Waals surface area contributed by atoms with Crippen molar-refractivity contribution in [3.05, 3.63) is 0 Å². The fourth-order valence-corrected chi connectivity index (χ4v) is 4.32. The van der Waals surface area contributed by atoms with Crippen molar-refractivity contribution in [3.63, 3.8) is 0 Å². The maximum atomic E-state index is 9.66. The van der Waals surface area contributed by atoms with E-state index in [1.807, 2.05) is 25.7 Å². The van der Waals surface area contributed by atoms with E-state index >= 15 is 0 Å². The van der Waals surface area contributed by atoms with Crippen LogP contribution in [0.5, 0.6) is 0 Å². The van der Waals surface area contributed by atoms with Crippen LogP contribution >= 0.6 is 11.8 Å². The highest BCUT2D eigenvalue weighted by Crippen LogP contribution is 2.41. The molecule has 18 heavy (non-hydrogen) atoms. The van der Waals surface area contributed by atoms with E-state index in [2.05, 4.69) is 12.2 Å². The first-order valence-electron chi connectivity index (χ1n) is 6.85. The quantitative estimate of drug-likeness (QED) is 0.811. The molecule has 0 aromatic heterocycles. The Morgan fingerprint density at radius 1 is 1.33 bits per heavy atom. The Morgan fingerprint density at radius 2 is 2.00 bits per heavy atom. The van der Waals surface area contributed by atoms with Crippen LogP contribution in [0.4, 0.5) is 0 Å². The van der Waals surface area contributed by atoms with E-state index in [4.69, 9.17) is 9.47 Å². The molecule has 0 amide bonds. The fourth-order valence-electron chi connectivity index (χ4n) is 2.73. The predicted octanol–water partition coefficient (Wildman–Crippen LogP) is 1.37. The lowest BCUT2D eigenvalue weighted by atomic mass is 9.89. The molecule has 4 unspecified atom stereocenters.